The summed E-state index contributed by atoms with van der Waals surface area (Å²) in [4.78, 5) is 4.69. The maximum Gasteiger partial charge on any atom is 0.191 e. The van der Waals surface area contributed by atoms with Crippen molar-refractivity contribution in [2.45, 2.75) is 52.2 Å². The molecule has 0 saturated carbocycles. The molecular weight excluding hydrogens is 509 g/mol. The van der Waals surface area contributed by atoms with Crippen LogP contribution < -0.4 is 15.4 Å². The highest BCUT2D eigenvalue weighted by molar-refractivity contribution is 14.0. The van der Waals surface area contributed by atoms with Crippen molar-refractivity contribution in [3.8, 4) is 5.75 Å². The zero-order chi connectivity index (χ0) is 21.2. The number of aliphatic imine (C=N–C) groups is 1. The van der Waals surface area contributed by atoms with Gasteiger partial charge < -0.3 is 29.3 Å². The Hall–Kier alpha value is -1.52. The number of benzene rings is 1. The summed E-state index contributed by atoms with van der Waals surface area (Å²) in [5, 5.41) is 7.78. The normalized spacial score (nSPS) is 16.0. The molecule has 8 heteroatoms. The fourth-order valence-corrected chi connectivity index (χ4v) is 3.48. The van der Waals surface area contributed by atoms with E-state index >= 15 is 0 Å². The van der Waals surface area contributed by atoms with Gasteiger partial charge in [-0.05, 0) is 52.2 Å². The van der Waals surface area contributed by atoms with Crippen LogP contribution >= 0.6 is 24.0 Å². The summed E-state index contributed by atoms with van der Waals surface area (Å²) in [6.07, 6.45) is 3.22. The SMILES string of the molecule is CCNC(=NCCCOC1CCOCC1)NC(C)c1cc2cccc(OCC)c2o1.I. The van der Waals surface area contributed by atoms with Crippen molar-refractivity contribution >= 4 is 40.9 Å². The maximum absolute atomic E-state index is 6.10. The predicted octanol–water partition coefficient (Wildman–Crippen LogP) is 4.65. The van der Waals surface area contributed by atoms with Gasteiger partial charge in [-0.15, -0.1) is 24.0 Å². The zero-order valence-corrected chi connectivity index (χ0v) is 21.1. The lowest BCUT2D eigenvalue weighted by atomic mass is 10.1. The number of guanidine groups is 1. The molecule has 1 aliphatic heterocycles. The summed E-state index contributed by atoms with van der Waals surface area (Å²) in [7, 11) is 0. The Bertz CT molecular complexity index is 805. The molecule has 0 bridgehead atoms. The van der Waals surface area contributed by atoms with E-state index < -0.39 is 0 Å². The van der Waals surface area contributed by atoms with Gasteiger partial charge in [-0.2, -0.15) is 0 Å². The summed E-state index contributed by atoms with van der Waals surface area (Å²) in [5.41, 5.74) is 0.787. The first-order valence-electron chi connectivity index (χ1n) is 11.1. The van der Waals surface area contributed by atoms with Gasteiger partial charge in [0.15, 0.2) is 17.3 Å². The van der Waals surface area contributed by atoms with Gasteiger partial charge in [-0.3, -0.25) is 4.99 Å². The van der Waals surface area contributed by atoms with Crippen LogP contribution in [-0.4, -0.2) is 51.6 Å². The fourth-order valence-electron chi connectivity index (χ4n) is 3.48. The molecule has 174 valence electrons. The van der Waals surface area contributed by atoms with Crippen molar-refractivity contribution in [1.82, 2.24) is 10.6 Å². The monoisotopic (exact) mass is 545 g/mol. The molecular formula is C23H36IN3O4. The lowest BCUT2D eigenvalue weighted by Gasteiger charge is -2.22. The molecule has 1 saturated heterocycles. The van der Waals surface area contributed by atoms with Crippen LogP contribution in [0.4, 0.5) is 0 Å². The maximum atomic E-state index is 6.10. The first-order chi connectivity index (χ1) is 14.7. The molecule has 1 aromatic heterocycles. The van der Waals surface area contributed by atoms with Gasteiger partial charge in [0.2, 0.25) is 0 Å². The molecule has 1 atom stereocenters. The van der Waals surface area contributed by atoms with Crippen LogP contribution in [0.2, 0.25) is 0 Å². The number of ether oxygens (including phenoxy) is 3. The Kier molecular flexibility index (Phi) is 11.5. The number of fused-ring (bicyclic) bond motifs is 1. The number of hydrogen-bond acceptors (Lipinski definition) is 5. The second-order valence-corrected chi connectivity index (χ2v) is 7.42. The van der Waals surface area contributed by atoms with Crippen LogP contribution in [0.1, 0.15) is 51.8 Å². The third-order valence-electron chi connectivity index (χ3n) is 5.05. The first-order valence-corrected chi connectivity index (χ1v) is 11.1. The van der Waals surface area contributed by atoms with E-state index in [1.807, 2.05) is 25.1 Å². The molecule has 0 aliphatic carbocycles. The fraction of sp³-hybridized carbons (Fsp3) is 0.609. The molecule has 31 heavy (non-hydrogen) atoms. The van der Waals surface area contributed by atoms with Crippen LogP contribution in [-0.2, 0) is 9.47 Å². The van der Waals surface area contributed by atoms with Crippen LogP contribution in [0.25, 0.3) is 11.0 Å². The van der Waals surface area contributed by atoms with E-state index in [0.717, 1.165) is 74.1 Å². The van der Waals surface area contributed by atoms with E-state index in [4.69, 9.17) is 18.6 Å². The number of para-hydroxylation sites is 1. The molecule has 7 nitrogen and oxygen atoms in total. The minimum atomic E-state index is -0.0248. The summed E-state index contributed by atoms with van der Waals surface area (Å²) >= 11 is 0. The number of nitrogens with zero attached hydrogens (tertiary/aromatic N) is 1. The van der Waals surface area contributed by atoms with Crippen molar-refractivity contribution in [1.29, 1.82) is 0 Å². The average Bonchev–Trinajstić information content (AvgIpc) is 3.20. The highest BCUT2D eigenvalue weighted by Crippen LogP contribution is 2.31. The van der Waals surface area contributed by atoms with Crippen LogP contribution in [0.3, 0.4) is 0 Å². The third kappa shape index (κ3) is 7.84. The van der Waals surface area contributed by atoms with Gasteiger partial charge >= 0.3 is 0 Å². The minimum Gasteiger partial charge on any atom is -0.490 e. The van der Waals surface area contributed by atoms with Crippen molar-refractivity contribution in [3.05, 3.63) is 30.0 Å². The molecule has 1 aliphatic rings. The van der Waals surface area contributed by atoms with E-state index in [0.29, 0.717) is 19.3 Å². The Morgan fingerprint density at radius 1 is 1.26 bits per heavy atom. The largest absolute Gasteiger partial charge is 0.490 e. The molecule has 2 aromatic rings. The lowest BCUT2D eigenvalue weighted by Crippen LogP contribution is -2.38. The van der Waals surface area contributed by atoms with Crippen molar-refractivity contribution < 1.29 is 18.6 Å². The number of halogens is 1. The van der Waals surface area contributed by atoms with Gasteiger partial charge in [-0.25, -0.2) is 0 Å². The Balaban J connectivity index is 0.00000341. The minimum absolute atomic E-state index is 0. The zero-order valence-electron chi connectivity index (χ0n) is 18.8. The molecule has 1 unspecified atom stereocenters. The topological polar surface area (TPSA) is 77.3 Å². The number of nitrogens with one attached hydrogen (secondary N) is 2. The van der Waals surface area contributed by atoms with Crippen molar-refractivity contribution in [2.75, 3.05) is 39.5 Å². The van der Waals surface area contributed by atoms with E-state index in [-0.39, 0.29) is 30.0 Å². The summed E-state index contributed by atoms with van der Waals surface area (Å²) < 4.78 is 23.1. The Morgan fingerprint density at radius 2 is 2.06 bits per heavy atom. The molecule has 2 N–H and O–H groups in total. The molecule has 3 rings (SSSR count). The smallest absolute Gasteiger partial charge is 0.191 e. The van der Waals surface area contributed by atoms with Gasteiger partial charge in [0.1, 0.15) is 5.76 Å². The second-order valence-electron chi connectivity index (χ2n) is 7.42. The Morgan fingerprint density at radius 3 is 2.81 bits per heavy atom. The van der Waals surface area contributed by atoms with Crippen LogP contribution in [0.15, 0.2) is 33.7 Å². The van der Waals surface area contributed by atoms with Crippen LogP contribution in [0.5, 0.6) is 5.75 Å². The standard InChI is InChI=1S/C23H35N3O4.HI/c1-4-24-23(25-12-7-13-29-19-10-14-27-15-11-19)26-17(3)21-16-18-8-6-9-20(28-5-2)22(18)30-21;/h6,8-9,16-17,19H,4-5,7,10-15H2,1-3H3,(H2,24,25,26);1H. The molecule has 0 radical (unpaired) electrons. The van der Waals surface area contributed by atoms with Gasteiger partial charge in [0, 0.05) is 38.3 Å². The number of furan rings is 1. The Labute approximate surface area is 202 Å². The average molecular weight is 545 g/mol. The molecule has 0 spiro atoms. The highest BCUT2D eigenvalue weighted by Gasteiger charge is 2.16. The molecule has 0 amide bonds. The molecule has 1 aromatic carbocycles. The molecule has 1 fully saturated rings. The van der Waals surface area contributed by atoms with Gasteiger partial charge in [0.05, 0.1) is 18.8 Å². The number of rotatable bonds is 10. The number of hydrogen-bond donors (Lipinski definition) is 2. The summed E-state index contributed by atoms with van der Waals surface area (Å²) in [6, 6.07) is 7.99. The van der Waals surface area contributed by atoms with E-state index in [1.54, 1.807) is 0 Å². The third-order valence-corrected chi connectivity index (χ3v) is 5.05. The summed E-state index contributed by atoms with van der Waals surface area (Å²) in [5.74, 6) is 2.41. The predicted molar refractivity (Wildman–Crippen MR) is 135 cm³/mol. The van der Waals surface area contributed by atoms with E-state index in [1.165, 1.54) is 0 Å². The van der Waals surface area contributed by atoms with E-state index in [2.05, 4.69) is 35.5 Å². The second kappa shape index (κ2) is 13.8. The van der Waals surface area contributed by atoms with Gasteiger partial charge in [0.25, 0.3) is 0 Å². The quantitative estimate of drug-likeness (QED) is 0.196. The van der Waals surface area contributed by atoms with Gasteiger partial charge in [-0.1, -0.05) is 12.1 Å². The highest BCUT2D eigenvalue weighted by atomic mass is 127. The lowest BCUT2D eigenvalue weighted by molar-refractivity contribution is -0.0318. The van der Waals surface area contributed by atoms with Crippen molar-refractivity contribution in [3.63, 3.8) is 0 Å². The van der Waals surface area contributed by atoms with E-state index in [9.17, 15) is 0 Å². The molecule has 2 heterocycles. The van der Waals surface area contributed by atoms with Crippen LogP contribution in [0, 0.1) is 0 Å². The first kappa shape index (κ1) is 25.7. The summed E-state index contributed by atoms with van der Waals surface area (Å²) in [6.45, 7) is 10.6. The van der Waals surface area contributed by atoms with Crippen molar-refractivity contribution in [2.24, 2.45) is 4.99 Å².